The molecule has 1 atom stereocenters. The average Bonchev–Trinajstić information content (AvgIpc) is 3.18. The Morgan fingerprint density at radius 1 is 1.12 bits per heavy atom. The van der Waals surface area contributed by atoms with Gasteiger partial charge in [-0.25, -0.2) is 4.98 Å². The molecule has 0 spiro atoms. The number of carbonyl (C=O) groups excluding carboxylic acids is 1. The van der Waals surface area contributed by atoms with Crippen LogP contribution in [0.15, 0.2) is 54.9 Å². The van der Waals surface area contributed by atoms with Gasteiger partial charge in [-0.15, -0.1) is 0 Å². The van der Waals surface area contributed by atoms with Gasteiger partial charge < -0.3 is 14.7 Å². The first-order valence-electron chi connectivity index (χ1n) is 8.10. The van der Waals surface area contributed by atoms with E-state index in [0.29, 0.717) is 13.0 Å². The number of aromatic nitrogens is 3. The third-order valence-corrected chi connectivity index (χ3v) is 4.82. The molecule has 5 heteroatoms. The number of hydrogen-bond donors (Lipinski definition) is 2. The van der Waals surface area contributed by atoms with Crippen molar-refractivity contribution in [1.82, 2.24) is 19.7 Å². The molecule has 1 amide bonds. The van der Waals surface area contributed by atoms with Crippen LogP contribution in [-0.4, -0.2) is 20.3 Å². The fraction of sp³-hybridized carbons (Fsp3) is 0.158. The van der Waals surface area contributed by atoms with Gasteiger partial charge in [0.25, 0.3) is 0 Å². The van der Waals surface area contributed by atoms with E-state index in [1.165, 1.54) is 0 Å². The van der Waals surface area contributed by atoms with E-state index in [9.17, 15) is 4.79 Å². The number of imidazole rings is 1. The molecule has 4 aromatic rings. The summed E-state index contributed by atoms with van der Waals surface area (Å²) < 4.78 is 2.12. The Labute approximate surface area is 138 Å². The third kappa shape index (κ3) is 1.88. The SMILES string of the molecule is O=C1C[C@@H](c2cccc3[nH]ccc23)c2c(nc3ccccn23)CN1. The minimum Gasteiger partial charge on any atom is -0.361 e. The third-order valence-electron chi connectivity index (χ3n) is 4.82. The van der Waals surface area contributed by atoms with Crippen LogP contribution in [0, 0.1) is 0 Å². The number of benzene rings is 1. The molecule has 24 heavy (non-hydrogen) atoms. The van der Waals surface area contributed by atoms with Crippen molar-refractivity contribution >= 4 is 22.5 Å². The lowest BCUT2D eigenvalue weighted by atomic mass is 9.89. The number of hydrogen-bond acceptors (Lipinski definition) is 2. The van der Waals surface area contributed by atoms with Gasteiger partial charge in [-0.1, -0.05) is 18.2 Å². The molecule has 0 bridgehead atoms. The standard InChI is InChI=1S/C19H16N4O/c24-18-10-14(12-4-3-5-15-13(12)7-8-20-15)19-16(11-21-18)22-17-6-1-2-9-23(17)19/h1-9,14,20H,10-11H2,(H,21,24)/t14-/m0/s1. The molecule has 0 aliphatic carbocycles. The Hall–Kier alpha value is -3.08. The molecule has 4 heterocycles. The van der Waals surface area contributed by atoms with E-state index in [-0.39, 0.29) is 11.8 Å². The van der Waals surface area contributed by atoms with Gasteiger partial charge in [-0.3, -0.25) is 4.79 Å². The zero-order chi connectivity index (χ0) is 16.1. The maximum atomic E-state index is 12.3. The highest BCUT2D eigenvalue weighted by Gasteiger charge is 2.29. The quantitative estimate of drug-likeness (QED) is 0.567. The lowest BCUT2D eigenvalue weighted by molar-refractivity contribution is -0.121. The summed E-state index contributed by atoms with van der Waals surface area (Å²) in [6.45, 7) is 0.482. The fourth-order valence-corrected chi connectivity index (χ4v) is 3.77. The van der Waals surface area contributed by atoms with Crippen LogP contribution in [0.4, 0.5) is 0 Å². The number of pyridine rings is 1. The van der Waals surface area contributed by atoms with Crippen molar-refractivity contribution in [3.8, 4) is 0 Å². The Bertz CT molecular complexity index is 1080. The number of aromatic amines is 1. The van der Waals surface area contributed by atoms with Crippen molar-refractivity contribution < 1.29 is 4.79 Å². The number of H-pyrrole nitrogens is 1. The highest BCUT2D eigenvalue weighted by atomic mass is 16.1. The summed E-state index contributed by atoms with van der Waals surface area (Å²) >= 11 is 0. The smallest absolute Gasteiger partial charge is 0.221 e. The molecule has 1 aliphatic rings. The number of amides is 1. The second-order valence-corrected chi connectivity index (χ2v) is 6.19. The van der Waals surface area contributed by atoms with Gasteiger partial charge in [0, 0.05) is 35.6 Å². The molecule has 0 saturated carbocycles. The summed E-state index contributed by atoms with van der Waals surface area (Å²) in [6, 6.07) is 14.3. The van der Waals surface area contributed by atoms with E-state index in [0.717, 1.165) is 33.5 Å². The number of nitrogens with zero attached hydrogens (tertiary/aromatic N) is 2. The van der Waals surface area contributed by atoms with Crippen molar-refractivity contribution in [3.05, 3.63) is 71.8 Å². The van der Waals surface area contributed by atoms with E-state index in [1.54, 1.807) is 0 Å². The molecule has 118 valence electrons. The van der Waals surface area contributed by atoms with Crippen LogP contribution in [0.2, 0.25) is 0 Å². The zero-order valence-corrected chi connectivity index (χ0v) is 13.0. The van der Waals surface area contributed by atoms with Crippen LogP contribution < -0.4 is 5.32 Å². The summed E-state index contributed by atoms with van der Waals surface area (Å²) in [5.41, 5.74) is 5.23. The van der Waals surface area contributed by atoms with Crippen molar-refractivity contribution in [1.29, 1.82) is 0 Å². The second-order valence-electron chi connectivity index (χ2n) is 6.19. The minimum absolute atomic E-state index is 0.0144. The van der Waals surface area contributed by atoms with Crippen LogP contribution in [0.5, 0.6) is 0 Å². The van der Waals surface area contributed by atoms with Gasteiger partial charge >= 0.3 is 0 Å². The van der Waals surface area contributed by atoms with E-state index in [4.69, 9.17) is 4.98 Å². The molecule has 2 N–H and O–H groups in total. The molecular formula is C19H16N4O. The Balaban J connectivity index is 1.81. The Morgan fingerprint density at radius 2 is 2.08 bits per heavy atom. The van der Waals surface area contributed by atoms with Crippen LogP contribution >= 0.6 is 0 Å². The molecule has 0 radical (unpaired) electrons. The molecule has 1 aliphatic heterocycles. The minimum atomic E-state index is -0.0144. The van der Waals surface area contributed by atoms with Crippen molar-refractivity contribution in [2.24, 2.45) is 0 Å². The van der Waals surface area contributed by atoms with Crippen LogP contribution in [0.1, 0.15) is 29.3 Å². The predicted molar refractivity (Wildman–Crippen MR) is 91.8 cm³/mol. The zero-order valence-electron chi connectivity index (χ0n) is 13.0. The summed E-state index contributed by atoms with van der Waals surface area (Å²) in [5, 5.41) is 4.14. The summed E-state index contributed by atoms with van der Waals surface area (Å²) in [5.74, 6) is 0.0506. The largest absolute Gasteiger partial charge is 0.361 e. The normalized spacial score (nSPS) is 17.7. The molecule has 5 nitrogen and oxygen atoms in total. The lowest BCUT2D eigenvalue weighted by Crippen LogP contribution is -2.21. The van der Waals surface area contributed by atoms with Crippen molar-refractivity contribution in [2.45, 2.75) is 18.9 Å². The van der Waals surface area contributed by atoms with E-state index in [2.05, 4.69) is 32.9 Å². The van der Waals surface area contributed by atoms with Crippen LogP contribution in [0.25, 0.3) is 16.6 Å². The van der Waals surface area contributed by atoms with Crippen molar-refractivity contribution in [3.63, 3.8) is 0 Å². The molecular weight excluding hydrogens is 300 g/mol. The molecule has 3 aromatic heterocycles. The van der Waals surface area contributed by atoms with Gasteiger partial charge in [-0.05, 0) is 29.8 Å². The molecule has 1 aromatic carbocycles. The molecule has 5 rings (SSSR count). The van der Waals surface area contributed by atoms with E-state index in [1.807, 2.05) is 36.7 Å². The monoisotopic (exact) mass is 316 g/mol. The number of carbonyl (C=O) groups is 1. The van der Waals surface area contributed by atoms with Crippen LogP contribution in [0.3, 0.4) is 0 Å². The van der Waals surface area contributed by atoms with E-state index >= 15 is 0 Å². The average molecular weight is 316 g/mol. The van der Waals surface area contributed by atoms with Crippen LogP contribution in [-0.2, 0) is 11.3 Å². The first-order valence-corrected chi connectivity index (χ1v) is 8.10. The fourth-order valence-electron chi connectivity index (χ4n) is 3.77. The number of fused-ring (bicyclic) bond motifs is 4. The van der Waals surface area contributed by atoms with Gasteiger partial charge in [0.15, 0.2) is 0 Å². The first kappa shape index (κ1) is 13.4. The Kier molecular flexibility index (Phi) is 2.76. The van der Waals surface area contributed by atoms with Gasteiger partial charge in [0.05, 0.1) is 17.9 Å². The molecule has 0 fully saturated rings. The molecule has 0 unspecified atom stereocenters. The highest BCUT2D eigenvalue weighted by Crippen LogP contribution is 2.36. The van der Waals surface area contributed by atoms with Crippen molar-refractivity contribution in [2.75, 3.05) is 0 Å². The topological polar surface area (TPSA) is 62.2 Å². The highest BCUT2D eigenvalue weighted by molar-refractivity contribution is 5.86. The summed E-state index contributed by atoms with van der Waals surface area (Å²) in [4.78, 5) is 20.3. The number of nitrogens with one attached hydrogen (secondary N) is 2. The van der Waals surface area contributed by atoms with E-state index < -0.39 is 0 Å². The van der Waals surface area contributed by atoms with Gasteiger partial charge in [0.1, 0.15) is 5.65 Å². The maximum absolute atomic E-state index is 12.3. The number of rotatable bonds is 1. The Morgan fingerprint density at radius 3 is 3.04 bits per heavy atom. The molecule has 0 saturated heterocycles. The first-order chi connectivity index (χ1) is 11.8. The van der Waals surface area contributed by atoms with Gasteiger partial charge in [-0.2, -0.15) is 0 Å². The maximum Gasteiger partial charge on any atom is 0.221 e. The second kappa shape index (κ2) is 4.96. The summed E-state index contributed by atoms with van der Waals surface area (Å²) in [6.07, 6.45) is 4.40. The predicted octanol–water partition coefficient (Wildman–Crippen LogP) is 2.97. The summed E-state index contributed by atoms with van der Waals surface area (Å²) in [7, 11) is 0. The lowest BCUT2D eigenvalue weighted by Gasteiger charge is -2.17. The van der Waals surface area contributed by atoms with Gasteiger partial charge in [0.2, 0.25) is 5.91 Å².